The summed E-state index contributed by atoms with van der Waals surface area (Å²) in [6.45, 7) is 4.14. The van der Waals surface area contributed by atoms with Crippen molar-refractivity contribution in [3.63, 3.8) is 0 Å². The third kappa shape index (κ3) is 2.74. The molecule has 0 aliphatic carbocycles. The lowest BCUT2D eigenvalue weighted by atomic mass is 10.1. The minimum atomic E-state index is 0.824. The highest BCUT2D eigenvalue weighted by Crippen LogP contribution is 2.23. The fourth-order valence-electron chi connectivity index (χ4n) is 3.69. The average Bonchev–Trinajstić information content (AvgIpc) is 3.02. The summed E-state index contributed by atoms with van der Waals surface area (Å²) in [5.74, 6) is 0. The second-order valence-corrected chi connectivity index (χ2v) is 7.04. The number of hydrogen-bond acceptors (Lipinski definition) is 3. The Hall–Kier alpha value is -3.27. The van der Waals surface area contributed by atoms with Gasteiger partial charge in [-0.3, -0.25) is 0 Å². The van der Waals surface area contributed by atoms with Crippen LogP contribution in [-0.2, 0) is 12.8 Å². The van der Waals surface area contributed by atoms with Crippen LogP contribution in [0.1, 0.15) is 22.8 Å². The molecular formula is C23H20N4. The standard InChI is InChI=1S/C23H20N4/c1-15-7-8-18-9-10-19(25-22(18)24-15)11-12-21-16(2)27-14-13-17-5-3-4-6-20(17)23(27)26-21/h3-10,13-14H,11-12H2,1-2H3. The van der Waals surface area contributed by atoms with E-state index < -0.39 is 0 Å². The Labute approximate surface area is 157 Å². The molecule has 0 saturated carbocycles. The van der Waals surface area contributed by atoms with Gasteiger partial charge in [0.2, 0.25) is 0 Å². The van der Waals surface area contributed by atoms with Crippen molar-refractivity contribution in [1.82, 2.24) is 19.4 Å². The molecular weight excluding hydrogens is 332 g/mol. The largest absolute Gasteiger partial charge is 0.304 e. The highest BCUT2D eigenvalue weighted by atomic mass is 15.0. The maximum Gasteiger partial charge on any atom is 0.159 e. The molecule has 27 heavy (non-hydrogen) atoms. The van der Waals surface area contributed by atoms with E-state index in [1.54, 1.807) is 0 Å². The number of nitrogens with zero attached hydrogens (tertiary/aromatic N) is 4. The molecule has 0 aliphatic rings. The van der Waals surface area contributed by atoms with Crippen molar-refractivity contribution in [2.45, 2.75) is 26.7 Å². The van der Waals surface area contributed by atoms with E-state index in [0.717, 1.165) is 46.6 Å². The maximum absolute atomic E-state index is 4.95. The summed E-state index contributed by atoms with van der Waals surface area (Å²) < 4.78 is 2.19. The maximum atomic E-state index is 4.95. The average molecular weight is 352 g/mol. The molecule has 4 nitrogen and oxygen atoms in total. The Morgan fingerprint density at radius 2 is 1.63 bits per heavy atom. The lowest BCUT2D eigenvalue weighted by Crippen LogP contribution is -1.98. The van der Waals surface area contributed by atoms with Gasteiger partial charge in [-0.05, 0) is 62.4 Å². The smallest absolute Gasteiger partial charge is 0.159 e. The van der Waals surface area contributed by atoms with E-state index in [-0.39, 0.29) is 0 Å². The highest BCUT2D eigenvalue weighted by molar-refractivity contribution is 5.94. The SMILES string of the molecule is Cc1ccc2ccc(CCc3nc4c5ccccc5ccn4c3C)nc2n1. The van der Waals surface area contributed by atoms with E-state index in [0.29, 0.717) is 0 Å². The van der Waals surface area contributed by atoms with E-state index in [1.165, 1.54) is 16.5 Å². The minimum absolute atomic E-state index is 0.824. The molecule has 0 radical (unpaired) electrons. The molecule has 4 aromatic heterocycles. The Kier molecular flexibility index (Phi) is 3.64. The van der Waals surface area contributed by atoms with Crippen LogP contribution in [-0.4, -0.2) is 19.4 Å². The predicted molar refractivity (Wildman–Crippen MR) is 109 cm³/mol. The summed E-state index contributed by atoms with van der Waals surface area (Å²) >= 11 is 0. The van der Waals surface area contributed by atoms with Gasteiger partial charge in [0.25, 0.3) is 0 Å². The molecule has 0 unspecified atom stereocenters. The quantitative estimate of drug-likeness (QED) is 0.467. The molecule has 4 heteroatoms. The van der Waals surface area contributed by atoms with Crippen molar-refractivity contribution in [2.24, 2.45) is 0 Å². The zero-order valence-electron chi connectivity index (χ0n) is 15.5. The summed E-state index contributed by atoms with van der Waals surface area (Å²) in [6, 6.07) is 18.9. The summed E-state index contributed by atoms with van der Waals surface area (Å²) in [4.78, 5) is 14.2. The van der Waals surface area contributed by atoms with Gasteiger partial charge in [0.05, 0.1) is 5.69 Å². The Morgan fingerprint density at radius 1 is 0.778 bits per heavy atom. The zero-order chi connectivity index (χ0) is 18.4. The van der Waals surface area contributed by atoms with Gasteiger partial charge in [-0.15, -0.1) is 0 Å². The minimum Gasteiger partial charge on any atom is -0.304 e. The van der Waals surface area contributed by atoms with Crippen LogP contribution >= 0.6 is 0 Å². The first-order chi connectivity index (χ1) is 13.2. The summed E-state index contributed by atoms with van der Waals surface area (Å²) in [6.07, 6.45) is 3.84. The van der Waals surface area contributed by atoms with Crippen LogP contribution < -0.4 is 0 Å². The van der Waals surface area contributed by atoms with E-state index in [4.69, 9.17) is 9.97 Å². The van der Waals surface area contributed by atoms with Gasteiger partial charge in [0.15, 0.2) is 5.65 Å². The summed E-state index contributed by atoms with van der Waals surface area (Å²) in [5.41, 5.74) is 6.24. The van der Waals surface area contributed by atoms with Gasteiger partial charge >= 0.3 is 0 Å². The van der Waals surface area contributed by atoms with Crippen LogP contribution in [0, 0.1) is 13.8 Å². The number of aromatic nitrogens is 4. The molecule has 5 aromatic rings. The topological polar surface area (TPSA) is 43.1 Å². The third-order valence-corrected chi connectivity index (χ3v) is 5.22. The predicted octanol–water partition coefficient (Wildman–Crippen LogP) is 4.83. The van der Waals surface area contributed by atoms with Crippen LogP contribution in [0.2, 0.25) is 0 Å². The number of pyridine rings is 3. The van der Waals surface area contributed by atoms with Crippen LogP contribution in [0.5, 0.6) is 0 Å². The lowest BCUT2D eigenvalue weighted by Gasteiger charge is -2.03. The van der Waals surface area contributed by atoms with Crippen LogP contribution in [0.15, 0.2) is 60.8 Å². The number of hydrogen-bond donors (Lipinski definition) is 0. The third-order valence-electron chi connectivity index (χ3n) is 5.22. The Balaban J connectivity index is 1.49. The van der Waals surface area contributed by atoms with Crippen LogP contribution in [0.4, 0.5) is 0 Å². The van der Waals surface area contributed by atoms with Crippen molar-refractivity contribution in [3.05, 3.63) is 83.6 Å². The molecule has 0 N–H and O–H groups in total. The van der Waals surface area contributed by atoms with E-state index in [9.17, 15) is 0 Å². The van der Waals surface area contributed by atoms with E-state index in [2.05, 4.69) is 71.0 Å². The molecule has 0 fully saturated rings. The van der Waals surface area contributed by atoms with Crippen molar-refractivity contribution >= 4 is 27.5 Å². The molecule has 0 spiro atoms. The van der Waals surface area contributed by atoms with Crippen LogP contribution in [0.3, 0.4) is 0 Å². The van der Waals surface area contributed by atoms with E-state index in [1.807, 2.05) is 13.0 Å². The summed E-state index contributed by atoms with van der Waals surface area (Å²) in [7, 11) is 0. The van der Waals surface area contributed by atoms with Crippen molar-refractivity contribution in [3.8, 4) is 0 Å². The monoisotopic (exact) mass is 352 g/mol. The van der Waals surface area contributed by atoms with Gasteiger partial charge in [0, 0.05) is 34.1 Å². The second-order valence-electron chi connectivity index (χ2n) is 7.04. The molecule has 1 aromatic carbocycles. The van der Waals surface area contributed by atoms with Gasteiger partial charge in [-0.25, -0.2) is 15.0 Å². The number of rotatable bonds is 3. The number of aryl methyl sites for hydroxylation is 4. The molecule has 132 valence electrons. The van der Waals surface area contributed by atoms with Crippen molar-refractivity contribution in [1.29, 1.82) is 0 Å². The fourth-order valence-corrected chi connectivity index (χ4v) is 3.69. The Morgan fingerprint density at radius 3 is 2.56 bits per heavy atom. The van der Waals surface area contributed by atoms with E-state index >= 15 is 0 Å². The first-order valence-corrected chi connectivity index (χ1v) is 9.27. The van der Waals surface area contributed by atoms with Crippen molar-refractivity contribution in [2.75, 3.05) is 0 Å². The van der Waals surface area contributed by atoms with Crippen molar-refractivity contribution < 1.29 is 0 Å². The Bertz CT molecular complexity index is 1300. The molecule has 0 saturated heterocycles. The number of imidazole rings is 1. The molecule has 5 rings (SSSR count). The normalized spacial score (nSPS) is 11.6. The first kappa shape index (κ1) is 15.9. The van der Waals surface area contributed by atoms with Gasteiger partial charge in [-0.2, -0.15) is 0 Å². The highest BCUT2D eigenvalue weighted by Gasteiger charge is 2.11. The number of benzene rings is 1. The van der Waals surface area contributed by atoms with Crippen LogP contribution in [0.25, 0.3) is 27.5 Å². The molecule has 0 aliphatic heterocycles. The van der Waals surface area contributed by atoms with Gasteiger partial charge in [0.1, 0.15) is 5.65 Å². The lowest BCUT2D eigenvalue weighted by molar-refractivity contribution is 0.882. The van der Waals surface area contributed by atoms with Gasteiger partial charge < -0.3 is 4.40 Å². The van der Waals surface area contributed by atoms with Gasteiger partial charge in [-0.1, -0.05) is 24.3 Å². The molecule has 0 atom stereocenters. The molecule has 0 amide bonds. The molecule has 4 heterocycles. The zero-order valence-corrected chi connectivity index (χ0v) is 15.5. The summed E-state index contributed by atoms with van der Waals surface area (Å²) in [5, 5.41) is 3.50. The number of fused-ring (bicyclic) bond motifs is 4. The second kappa shape index (κ2) is 6.16. The fraction of sp³-hybridized carbons (Fsp3) is 0.174. The molecule has 0 bridgehead atoms. The first-order valence-electron chi connectivity index (χ1n) is 9.27.